The monoisotopic (exact) mass is 263 g/mol. The van der Waals surface area contributed by atoms with Crippen LogP contribution in [0, 0.1) is 11.2 Å². The van der Waals surface area contributed by atoms with Crippen LogP contribution < -0.4 is 0 Å². The number of carbonyl (C=O) groups is 1. The molecule has 0 aliphatic rings. The van der Waals surface area contributed by atoms with Crippen molar-refractivity contribution in [2.75, 3.05) is 0 Å². The summed E-state index contributed by atoms with van der Waals surface area (Å²) in [6, 6.07) is 4.60. The minimum absolute atomic E-state index is 0.261. The molecular formula is C13H14FN3O2. The van der Waals surface area contributed by atoms with E-state index in [1.807, 2.05) is 0 Å². The molecule has 100 valence electrons. The van der Waals surface area contributed by atoms with Gasteiger partial charge in [0, 0.05) is 0 Å². The van der Waals surface area contributed by atoms with E-state index in [0.29, 0.717) is 5.56 Å². The number of hydrogen-bond donors (Lipinski definition) is 1. The first-order valence-corrected chi connectivity index (χ1v) is 5.77. The number of nitrogens with zero attached hydrogens (tertiary/aromatic N) is 3. The second-order valence-electron chi connectivity index (χ2n) is 4.99. The van der Waals surface area contributed by atoms with Crippen LogP contribution in [-0.2, 0) is 11.2 Å². The molecule has 0 amide bonds. The molecule has 1 aromatic carbocycles. The van der Waals surface area contributed by atoms with Gasteiger partial charge in [0.1, 0.15) is 24.2 Å². The average molecular weight is 263 g/mol. The fraction of sp³-hybridized carbons (Fsp3) is 0.308. The fourth-order valence-electron chi connectivity index (χ4n) is 1.76. The zero-order valence-electron chi connectivity index (χ0n) is 10.7. The van der Waals surface area contributed by atoms with Gasteiger partial charge >= 0.3 is 5.97 Å². The highest BCUT2D eigenvalue weighted by atomic mass is 19.1. The van der Waals surface area contributed by atoms with Crippen LogP contribution in [0.3, 0.4) is 0 Å². The summed E-state index contributed by atoms with van der Waals surface area (Å²) >= 11 is 0. The van der Waals surface area contributed by atoms with Crippen molar-refractivity contribution in [2.45, 2.75) is 20.3 Å². The van der Waals surface area contributed by atoms with E-state index in [9.17, 15) is 9.18 Å². The van der Waals surface area contributed by atoms with Gasteiger partial charge in [0.25, 0.3) is 0 Å². The maximum atomic E-state index is 14.0. The topological polar surface area (TPSA) is 68.0 Å². The molecule has 0 saturated carbocycles. The Bertz CT molecular complexity index is 594. The molecule has 19 heavy (non-hydrogen) atoms. The van der Waals surface area contributed by atoms with Gasteiger partial charge in [0.2, 0.25) is 0 Å². The van der Waals surface area contributed by atoms with Gasteiger partial charge in [-0.1, -0.05) is 6.07 Å². The van der Waals surface area contributed by atoms with E-state index in [1.165, 1.54) is 23.4 Å². The van der Waals surface area contributed by atoms with Gasteiger partial charge in [-0.25, -0.2) is 14.1 Å². The summed E-state index contributed by atoms with van der Waals surface area (Å²) in [5.74, 6) is -1.36. The standard InChI is InChI=1S/C13H14FN3O2/c1-13(2,12(18)19)6-9-3-4-11(10(14)5-9)17-8-15-7-16-17/h3-5,7-8H,6H2,1-2H3,(H,18,19). The van der Waals surface area contributed by atoms with Crippen LogP contribution in [0.4, 0.5) is 4.39 Å². The van der Waals surface area contributed by atoms with Crippen molar-refractivity contribution in [2.24, 2.45) is 5.41 Å². The lowest BCUT2D eigenvalue weighted by molar-refractivity contribution is -0.146. The Morgan fingerprint density at radius 1 is 1.47 bits per heavy atom. The molecule has 0 aliphatic heterocycles. The van der Waals surface area contributed by atoms with Crippen LogP contribution in [0.1, 0.15) is 19.4 Å². The van der Waals surface area contributed by atoms with E-state index in [4.69, 9.17) is 5.11 Å². The van der Waals surface area contributed by atoms with E-state index in [1.54, 1.807) is 26.0 Å². The molecule has 6 heteroatoms. The molecule has 0 aliphatic carbocycles. The third-order valence-electron chi connectivity index (χ3n) is 2.90. The predicted octanol–water partition coefficient (Wildman–Crippen LogP) is 2.06. The molecule has 1 heterocycles. The summed E-state index contributed by atoms with van der Waals surface area (Å²) < 4.78 is 15.3. The maximum Gasteiger partial charge on any atom is 0.309 e. The van der Waals surface area contributed by atoms with E-state index >= 15 is 0 Å². The van der Waals surface area contributed by atoms with Crippen molar-refractivity contribution in [1.82, 2.24) is 14.8 Å². The molecule has 2 rings (SSSR count). The van der Waals surface area contributed by atoms with Crippen molar-refractivity contribution >= 4 is 5.97 Å². The summed E-state index contributed by atoms with van der Waals surface area (Å²) in [6.07, 6.45) is 2.98. The normalized spacial score (nSPS) is 11.5. The number of carboxylic acid groups (broad SMARTS) is 1. The largest absolute Gasteiger partial charge is 0.481 e. The van der Waals surface area contributed by atoms with Gasteiger partial charge in [-0.2, -0.15) is 5.10 Å². The highest BCUT2D eigenvalue weighted by molar-refractivity contribution is 5.74. The van der Waals surface area contributed by atoms with Gasteiger partial charge in [-0.15, -0.1) is 0 Å². The first kappa shape index (κ1) is 13.2. The van der Waals surface area contributed by atoms with Crippen molar-refractivity contribution in [3.8, 4) is 5.69 Å². The molecule has 5 nitrogen and oxygen atoms in total. The molecule has 0 fully saturated rings. The molecule has 0 unspecified atom stereocenters. The maximum absolute atomic E-state index is 14.0. The minimum Gasteiger partial charge on any atom is -0.481 e. The van der Waals surface area contributed by atoms with Crippen LogP contribution in [0.2, 0.25) is 0 Å². The Morgan fingerprint density at radius 2 is 2.21 bits per heavy atom. The van der Waals surface area contributed by atoms with Gasteiger partial charge in [0.05, 0.1) is 5.41 Å². The van der Waals surface area contributed by atoms with Gasteiger partial charge in [-0.05, 0) is 38.0 Å². The number of hydrogen-bond acceptors (Lipinski definition) is 3. The fourth-order valence-corrected chi connectivity index (χ4v) is 1.76. The first-order chi connectivity index (χ1) is 8.90. The Kier molecular flexibility index (Phi) is 3.33. The zero-order valence-corrected chi connectivity index (χ0v) is 10.7. The third kappa shape index (κ3) is 2.78. The van der Waals surface area contributed by atoms with Gasteiger partial charge in [0.15, 0.2) is 0 Å². The first-order valence-electron chi connectivity index (χ1n) is 5.77. The predicted molar refractivity (Wildman–Crippen MR) is 66.4 cm³/mol. The van der Waals surface area contributed by atoms with E-state index in [0.717, 1.165) is 0 Å². The minimum atomic E-state index is -0.929. The number of halogens is 1. The molecule has 0 saturated heterocycles. The van der Waals surface area contributed by atoms with Gasteiger partial charge in [-0.3, -0.25) is 4.79 Å². The highest BCUT2D eigenvalue weighted by Gasteiger charge is 2.27. The molecular weight excluding hydrogens is 249 g/mol. The van der Waals surface area contributed by atoms with E-state index in [2.05, 4.69) is 10.1 Å². The second-order valence-corrected chi connectivity index (χ2v) is 4.99. The van der Waals surface area contributed by atoms with Crippen molar-refractivity contribution in [3.05, 3.63) is 42.2 Å². The average Bonchev–Trinajstić information content (AvgIpc) is 2.81. The van der Waals surface area contributed by atoms with Crippen molar-refractivity contribution in [1.29, 1.82) is 0 Å². The van der Waals surface area contributed by atoms with Crippen LogP contribution in [0.5, 0.6) is 0 Å². The summed E-state index contributed by atoms with van der Waals surface area (Å²) in [5.41, 5.74) is -0.00977. The zero-order chi connectivity index (χ0) is 14.0. The van der Waals surface area contributed by atoms with Crippen LogP contribution >= 0.6 is 0 Å². The summed E-state index contributed by atoms with van der Waals surface area (Å²) in [5, 5.41) is 12.9. The molecule has 2 aromatic rings. The summed E-state index contributed by atoms with van der Waals surface area (Å²) in [6.45, 7) is 3.22. The number of carboxylic acids is 1. The Morgan fingerprint density at radius 3 is 2.74 bits per heavy atom. The number of aromatic nitrogens is 3. The highest BCUT2D eigenvalue weighted by Crippen LogP contribution is 2.24. The molecule has 1 N–H and O–H groups in total. The number of benzene rings is 1. The third-order valence-corrected chi connectivity index (χ3v) is 2.90. The Balaban J connectivity index is 2.27. The summed E-state index contributed by atoms with van der Waals surface area (Å²) in [4.78, 5) is 14.8. The molecule has 0 radical (unpaired) electrons. The lowest BCUT2D eigenvalue weighted by Crippen LogP contribution is -2.26. The van der Waals surface area contributed by atoms with Crippen LogP contribution in [0.15, 0.2) is 30.9 Å². The molecule has 0 atom stereocenters. The lowest BCUT2D eigenvalue weighted by Gasteiger charge is -2.19. The SMILES string of the molecule is CC(C)(Cc1ccc(-n2cncn2)c(F)c1)C(=O)O. The lowest BCUT2D eigenvalue weighted by atomic mass is 9.86. The van der Waals surface area contributed by atoms with Gasteiger partial charge < -0.3 is 5.11 Å². The Hall–Kier alpha value is -2.24. The van der Waals surface area contributed by atoms with Crippen LogP contribution in [-0.4, -0.2) is 25.8 Å². The number of rotatable bonds is 4. The molecule has 0 spiro atoms. The second kappa shape index (κ2) is 4.79. The quantitative estimate of drug-likeness (QED) is 0.916. The summed E-state index contributed by atoms with van der Waals surface area (Å²) in [7, 11) is 0. The van der Waals surface area contributed by atoms with E-state index < -0.39 is 17.2 Å². The van der Waals surface area contributed by atoms with E-state index in [-0.39, 0.29) is 12.1 Å². The number of aliphatic carboxylic acids is 1. The van der Waals surface area contributed by atoms with Crippen molar-refractivity contribution < 1.29 is 14.3 Å². The molecule has 1 aromatic heterocycles. The molecule has 0 bridgehead atoms. The Labute approximate surface area is 109 Å². The van der Waals surface area contributed by atoms with Crippen LogP contribution in [0.25, 0.3) is 5.69 Å². The van der Waals surface area contributed by atoms with Crippen molar-refractivity contribution in [3.63, 3.8) is 0 Å². The smallest absolute Gasteiger partial charge is 0.309 e.